The van der Waals surface area contributed by atoms with E-state index in [4.69, 9.17) is 14.0 Å². The molecule has 0 aliphatic carbocycles. The molecular weight excluding hydrogens is 390 g/mol. The highest BCUT2D eigenvalue weighted by molar-refractivity contribution is 7.22. The van der Waals surface area contributed by atoms with E-state index >= 15 is 0 Å². The van der Waals surface area contributed by atoms with Gasteiger partial charge in [-0.15, -0.1) is 0 Å². The van der Waals surface area contributed by atoms with E-state index in [0.717, 1.165) is 27.3 Å². The average Bonchev–Trinajstić information content (AvgIpc) is 3.36. The Bertz CT molecular complexity index is 1130. The van der Waals surface area contributed by atoms with Gasteiger partial charge in [0.2, 0.25) is 0 Å². The van der Waals surface area contributed by atoms with Gasteiger partial charge in [-0.1, -0.05) is 16.5 Å². The molecule has 4 aromatic rings. The molecular formula is C21H19N3O4S. The molecule has 0 bridgehead atoms. The van der Waals surface area contributed by atoms with Crippen molar-refractivity contribution in [2.45, 2.75) is 13.8 Å². The third-order valence-corrected chi connectivity index (χ3v) is 5.02. The highest BCUT2D eigenvalue weighted by atomic mass is 32.1. The maximum atomic E-state index is 12.5. The second-order valence-corrected chi connectivity index (χ2v) is 7.10. The van der Waals surface area contributed by atoms with Crippen molar-refractivity contribution in [1.82, 2.24) is 10.1 Å². The number of aromatic nitrogens is 2. The first-order chi connectivity index (χ1) is 14.2. The van der Waals surface area contributed by atoms with Crippen molar-refractivity contribution in [2.75, 3.05) is 18.5 Å². The normalized spacial score (nSPS) is 10.8. The van der Waals surface area contributed by atoms with Crippen LogP contribution in [-0.2, 0) is 0 Å². The third kappa shape index (κ3) is 4.22. The lowest BCUT2D eigenvalue weighted by Gasteiger charge is -2.02. The quantitative estimate of drug-likeness (QED) is 0.462. The maximum Gasteiger partial charge on any atom is 0.279 e. The highest BCUT2D eigenvalue weighted by Gasteiger charge is 2.16. The van der Waals surface area contributed by atoms with Gasteiger partial charge >= 0.3 is 0 Å². The lowest BCUT2D eigenvalue weighted by molar-refractivity contribution is 0.101. The summed E-state index contributed by atoms with van der Waals surface area (Å²) in [5.74, 6) is 1.67. The van der Waals surface area contributed by atoms with Crippen LogP contribution in [0.15, 0.2) is 53.1 Å². The Morgan fingerprint density at radius 1 is 1.03 bits per heavy atom. The molecule has 7 nitrogen and oxygen atoms in total. The summed E-state index contributed by atoms with van der Waals surface area (Å²) in [7, 11) is 0. The van der Waals surface area contributed by atoms with Gasteiger partial charge in [-0.25, -0.2) is 4.98 Å². The predicted octanol–water partition coefficient (Wildman–Crippen LogP) is 5.00. The number of hydrogen-bond acceptors (Lipinski definition) is 7. The first-order valence-corrected chi connectivity index (χ1v) is 10.0. The SMILES string of the molecule is CCOc1ccc(-c2cc(C(=O)Nc3nc4ccc(OCC)cc4s3)no2)cc1. The number of benzene rings is 2. The van der Waals surface area contributed by atoms with Gasteiger partial charge in [0.05, 0.1) is 23.4 Å². The van der Waals surface area contributed by atoms with Crippen LogP contribution in [0.5, 0.6) is 11.5 Å². The number of hydrogen-bond donors (Lipinski definition) is 1. The van der Waals surface area contributed by atoms with E-state index in [0.29, 0.717) is 24.1 Å². The number of nitrogens with one attached hydrogen (secondary N) is 1. The number of thiazole rings is 1. The molecule has 0 radical (unpaired) electrons. The molecule has 29 heavy (non-hydrogen) atoms. The number of nitrogens with zero attached hydrogens (tertiary/aromatic N) is 2. The lowest BCUT2D eigenvalue weighted by atomic mass is 10.1. The number of carbonyl (C=O) groups excluding carboxylic acids is 1. The summed E-state index contributed by atoms with van der Waals surface area (Å²) in [6.45, 7) is 5.06. The Kier molecular flexibility index (Phi) is 5.44. The summed E-state index contributed by atoms with van der Waals surface area (Å²) < 4.78 is 17.2. The Balaban J connectivity index is 1.48. The van der Waals surface area contributed by atoms with Crippen molar-refractivity contribution in [3.05, 3.63) is 54.2 Å². The molecule has 0 fully saturated rings. The number of carbonyl (C=O) groups is 1. The second kappa shape index (κ2) is 8.32. The van der Waals surface area contributed by atoms with E-state index in [1.54, 1.807) is 6.07 Å². The molecule has 2 heterocycles. The minimum absolute atomic E-state index is 0.183. The van der Waals surface area contributed by atoms with Crippen LogP contribution in [0.1, 0.15) is 24.3 Å². The van der Waals surface area contributed by atoms with E-state index in [9.17, 15) is 4.79 Å². The van der Waals surface area contributed by atoms with Gasteiger partial charge in [0.1, 0.15) is 11.5 Å². The first-order valence-electron chi connectivity index (χ1n) is 9.21. The van der Waals surface area contributed by atoms with Crippen LogP contribution in [0.2, 0.25) is 0 Å². The van der Waals surface area contributed by atoms with Gasteiger partial charge in [-0.2, -0.15) is 0 Å². The molecule has 4 rings (SSSR count). The van der Waals surface area contributed by atoms with Crippen molar-refractivity contribution in [3.8, 4) is 22.8 Å². The van der Waals surface area contributed by atoms with E-state index in [1.807, 2.05) is 56.3 Å². The predicted molar refractivity (Wildman–Crippen MR) is 112 cm³/mol. The van der Waals surface area contributed by atoms with E-state index in [1.165, 1.54) is 11.3 Å². The molecule has 0 aliphatic heterocycles. The Hall–Kier alpha value is -3.39. The first kappa shape index (κ1) is 18.9. The van der Waals surface area contributed by atoms with Crippen molar-refractivity contribution >= 4 is 32.6 Å². The molecule has 0 atom stereocenters. The number of fused-ring (bicyclic) bond motifs is 1. The molecule has 8 heteroatoms. The van der Waals surface area contributed by atoms with Gasteiger partial charge in [0, 0.05) is 11.6 Å². The van der Waals surface area contributed by atoms with Crippen LogP contribution in [0, 0.1) is 0 Å². The molecule has 2 aromatic carbocycles. The Labute approximate surface area is 171 Å². The Morgan fingerprint density at radius 3 is 2.52 bits per heavy atom. The van der Waals surface area contributed by atoms with Gasteiger partial charge in [0.15, 0.2) is 16.6 Å². The van der Waals surface area contributed by atoms with Gasteiger partial charge in [-0.05, 0) is 56.3 Å². The zero-order valence-corrected chi connectivity index (χ0v) is 16.8. The van der Waals surface area contributed by atoms with E-state index < -0.39 is 0 Å². The van der Waals surface area contributed by atoms with Crippen LogP contribution in [-0.4, -0.2) is 29.3 Å². The molecule has 1 amide bonds. The topological polar surface area (TPSA) is 86.5 Å². The molecule has 148 valence electrons. The number of amides is 1. The lowest BCUT2D eigenvalue weighted by Crippen LogP contribution is -2.11. The van der Waals surface area contributed by atoms with Crippen LogP contribution in [0.3, 0.4) is 0 Å². The fourth-order valence-corrected chi connectivity index (χ4v) is 3.67. The molecule has 0 aliphatic rings. The summed E-state index contributed by atoms with van der Waals surface area (Å²) in [4.78, 5) is 17.0. The maximum absolute atomic E-state index is 12.5. The Morgan fingerprint density at radius 2 is 1.76 bits per heavy atom. The minimum atomic E-state index is -0.380. The summed E-state index contributed by atoms with van der Waals surface area (Å²) in [6, 6.07) is 14.6. The van der Waals surface area contributed by atoms with E-state index in [-0.39, 0.29) is 11.6 Å². The van der Waals surface area contributed by atoms with Crippen molar-refractivity contribution in [3.63, 3.8) is 0 Å². The summed E-state index contributed by atoms with van der Waals surface area (Å²) in [5, 5.41) is 7.14. The van der Waals surface area contributed by atoms with Gasteiger partial charge in [-0.3, -0.25) is 10.1 Å². The van der Waals surface area contributed by atoms with E-state index in [2.05, 4.69) is 15.5 Å². The van der Waals surface area contributed by atoms with Gasteiger partial charge < -0.3 is 14.0 Å². The molecule has 1 N–H and O–H groups in total. The van der Waals surface area contributed by atoms with Crippen LogP contribution in [0.4, 0.5) is 5.13 Å². The van der Waals surface area contributed by atoms with Crippen molar-refractivity contribution < 1.29 is 18.8 Å². The summed E-state index contributed by atoms with van der Waals surface area (Å²) >= 11 is 1.37. The highest BCUT2D eigenvalue weighted by Crippen LogP contribution is 2.30. The van der Waals surface area contributed by atoms with Crippen molar-refractivity contribution in [2.24, 2.45) is 0 Å². The fourth-order valence-electron chi connectivity index (χ4n) is 2.78. The monoisotopic (exact) mass is 409 g/mol. The molecule has 0 spiro atoms. The zero-order valence-electron chi connectivity index (χ0n) is 16.0. The third-order valence-electron chi connectivity index (χ3n) is 4.08. The number of anilines is 1. The standard InChI is InChI=1S/C21H19N3O4S/c1-3-26-14-7-5-13(6-8-14)18-12-17(24-28-18)20(25)23-21-22-16-10-9-15(27-4-2)11-19(16)29-21/h5-12H,3-4H2,1-2H3,(H,22,23,25). The fraction of sp³-hybridized carbons (Fsp3) is 0.190. The smallest absolute Gasteiger partial charge is 0.279 e. The summed E-state index contributed by atoms with van der Waals surface area (Å²) in [6.07, 6.45) is 0. The second-order valence-electron chi connectivity index (χ2n) is 6.07. The van der Waals surface area contributed by atoms with Crippen LogP contribution >= 0.6 is 11.3 Å². The number of rotatable bonds is 7. The molecule has 2 aromatic heterocycles. The minimum Gasteiger partial charge on any atom is -0.494 e. The van der Waals surface area contributed by atoms with Crippen molar-refractivity contribution in [1.29, 1.82) is 0 Å². The van der Waals surface area contributed by atoms with Crippen LogP contribution in [0.25, 0.3) is 21.5 Å². The zero-order chi connectivity index (χ0) is 20.2. The van der Waals surface area contributed by atoms with Gasteiger partial charge in [0.25, 0.3) is 5.91 Å². The number of ether oxygens (including phenoxy) is 2. The molecule has 0 saturated heterocycles. The largest absolute Gasteiger partial charge is 0.494 e. The molecule has 0 unspecified atom stereocenters. The summed E-state index contributed by atoms with van der Waals surface area (Å²) in [5.41, 5.74) is 1.79. The average molecular weight is 409 g/mol. The molecule has 0 saturated carbocycles. The van der Waals surface area contributed by atoms with Crippen LogP contribution < -0.4 is 14.8 Å².